The van der Waals surface area contributed by atoms with Crippen molar-refractivity contribution in [3.8, 4) is 0 Å². The van der Waals surface area contributed by atoms with E-state index in [0.29, 0.717) is 17.2 Å². The average Bonchev–Trinajstić information content (AvgIpc) is 2.86. The summed E-state index contributed by atoms with van der Waals surface area (Å²) in [5.41, 5.74) is 1.11. The van der Waals surface area contributed by atoms with E-state index in [1.807, 2.05) is 13.8 Å². The molecule has 2 heterocycles. The number of carbonyl (C=O) groups excluding carboxylic acids is 1. The summed E-state index contributed by atoms with van der Waals surface area (Å²) in [5, 5.41) is 9.38. The number of hydrogen-bond donors (Lipinski definition) is 1. The number of nitrogens with zero attached hydrogens (tertiary/aromatic N) is 2. The molecule has 20 heavy (non-hydrogen) atoms. The molecule has 5 nitrogen and oxygen atoms in total. The van der Waals surface area contributed by atoms with Crippen LogP contribution in [0, 0.1) is 0 Å². The molecule has 1 aromatic heterocycles. The maximum atomic E-state index is 12.5. The van der Waals surface area contributed by atoms with Crippen LogP contribution in [0.5, 0.6) is 0 Å². The number of carboxylic acids is 1. The molecule has 1 saturated heterocycles. The summed E-state index contributed by atoms with van der Waals surface area (Å²) in [5.74, 6) is -0.353. The number of hydrogen-bond acceptors (Lipinski definition) is 4. The molecule has 1 N–H and O–H groups in total. The van der Waals surface area contributed by atoms with Crippen molar-refractivity contribution in [1.82, 2.24) is 9.88 Å². The molecule has 108 valence electrons. The Balaban J connectivity index is 2.31. The second kappa shape index (κ2) is 6.01. The van der Waals surface area contributed by atoms with Gasteiger partial charge in [0.05, 0.1) is 5.88 Å². The maximum absolute atomic E-state index is 12.5. The highest BCUT2D eigenvalue weighted by Crippen LogP contribution is 2.25. The molecule has 0 bridgehead atoms. The average molecular weight is 315 g/mol. The highest BCUT2D eigenvalue weighted by molar-refractivity contribution is 7.99. The Morgan fingerprint density at radius 3 is 2.80 bits per heavy atom. The molecular formula is C13H15ClN2O3S. The Morgan fingerprint density at radius 2 is 2.20 bits per heavy atom. The zero-order valence-electron chi connectivity index (χ0n) is 11.2. The Labute approximate surface area is 126 Å². The minimum absolute atomic E-state index is 0.142. The van der Waals surface area contributed by atoms with Gasteiger partial charge in [-0.1, -0.05) is 25.4 Å². The second-order valence-corrected chi connectivity index (χ2v) is 6.27. The van der Waals surface area contributed by atoms with E-state index in [1.54, 1.807) is 6.07 Å². The number of rotatable bonds is 3. The van der Waals surface area contributed by atoms with Crippen LogP contribution in [0.15, 0.2) is 12.1 Å². The SMILES string of the molecule is CC(C)c1cc(C(=O)N2CSCC2C(=O)O)cc(Cl)n1. The number of carboxylic acid groups (broad SMARTS) is 1. The zero-order valence-corrected chi connectivity index (χ0v) is 12.7. The predicted octanol–water partition coefficient (Wildman–Crippen LogP) is 2.46. The minimum atomic E-state index is -0.979. The smallest absolute Gasteiger partial charge is 0.327 e. The van der Waals surface area contributed by atoms with Crippen LogP contribution in [-0.2, 0) is 4.79 Å². The first-order valence-electron chi connectivity index (χ1n) is 6.19. The van der Waals surface area contributed by atoms with Crippen molar-refractivity contribution in [2.75, 3.05) is 11.6 Å². The predicted molar refractivity (Wildman–Crippen MR) is 78.3 cm³/mol. The van der Waals surface area contributed by atoms with E-state index in [1.165, 1.54) is 22.7 Å². The van der Waals surface area contributed by atoms with Crippen molar-refractivity contribution in [1.29, 1.82) is 0 Å². The van der Waals surface area contributed by atoms with Gasteiger partial charge in [0.2, 0.25) is 0 Å². The number of pyridine rings is 1. The summed E-state index contributed by atoms with van der Waals surface area (Å²) in [7, 11) is 0. The molecule has 1 amide bonds. The van der Waals surface area contributed by atoms with Gasteiger partial charge in [-0.05, 0) is 18.1 Å². The normalized spacial score (nSPS) is 18.6. The van der Waals surface area contributed by atoms with E-state index in [4.69, 9.17) is 16.7 Å². The van der Waals surface area contributed by atoms with E-state index in [9.17, 15) is 9.59 Å². The van der Waals surface area contributed by atoms with Crippen molar-refractivity contribution in [3.05, 3.63) is 28.5 Å². The number of aliphatic carboxylic acids is 1. The monoisotopic (exact) mass is 314 g/mol. The number of carbonyl (C=O) groups is 2. The van der Waals surface area contributed by atoms with Gasteiger partial charge in [-0.2, -0.15) is 0 Å². The molecule has 0 aromatic carbocycles. The van der Waals surface area contributed by atoms with Crippen molar-refractivity contribution in [3.63, 3.8) is 0 Å². The van der Waals surface area contributed by atoms with Crippen LogP contribution in [0.3, 0.4) is 0 Å². The Hall–Kier alpha value is -1.27. The number of halogens is 1. The van der Waals surface area contributed by atoms with Gasteiger partial charge in [0.15, 0.2) is 0 Å². The molecule has 7 heteroatoms. The molecule has 1 unspecified atom stereocenters. The van der Waals surface area contributed by atoms with Gasteiger partial charge in [-0.15, -0.1) is 11.8 Å². The molecule has 0 spiro atoms. The minimum Gasteiger partial charge on any atom is -0.480 e. The van der Waals surface area contributed by atoms with Crippen LogP contribution in [0.4, 0.5) is 0 Å². The zero-order chi connectivity index (χ0) is 14.9. The van der Waals surface area contributed by atoms with Crippen LogP contribution in [0.25, 0.3) is 0 Å². The quantitative estimate of drug-likeness (QED) is 0.868. The summed E-state index contributed by atoms with van der Waals surface area (Å²) in [6, 6.07) is 2.39. The largest absolute Gasteiger partial charge is 0.480 e. The third-order valence-electron chi connectivity index (χ3n) is 3.08. The molecule has 1 aliphatic rings. The maximum Gasteiger partial charge on any atom is 0.327 e. The first kappa shape index (κ1) is 15.1. The molecule has 1 aliphatic heterocycles. The van der Waals surface area contributed by atoms with Gasteiger partial charge in [-0.3, -0.25) is 4.79 Å². The van der Waals surface area contributed by atoms with Crippen LogP contribution >= 0.6 is 23.4 Å². The van der Waals surface area contributed by atoms with Gasteiger partial charge >= 0.3 is 5.97 Å². The molecule has 0 aliphatic carbocycles. The van der Waals surface area contributed by atoms with E-state index in [-0.39, 0.29) is 17.0 Å². The molecular weight excluding hydrogens is 300 g/mol. The number of aromatic nitrogens is 1. The molecule has 0 radical (unpaired) electrons. The number of thioether (sulfide) groups is 1. The molecule has 1 fully saturated rings. The molecule has 1 atom stereocenters. The van der Waals surface area contributed by atoms with Crippen molar-refractivity contribution in [2.24, 2.45) is 0 Å². The third-order valence-corrected chi connectivity index (χ3v) is 4.29. The fourth-order valence-corrected chi connectivity index (χ4v) is 3.31. The Morgan fingerprint density at radius 1 is 1.50 bits per heavy atom. The van der Waals surface area contributed by atoms with E-state index >= 15 is 0 Å². The second-order valence-electron chi connectivity index (χ2n) is 4.89. The van der Waals surface area contributed by atoms with Gasteiger partial charge in [-0.25, -0.2) is 9.78 Å². The molecule has 2 rings (SSSR count). The van der Waals surface area contributed by atoms with Crippen molar-refractivity contribution >= 4 is 35.2 Å². The van der Waals surface area contributed by atoms with Gasteiger partial charge < -0.3 is 10.0 Å². The van der Waals surface area contributed by atoms with Gasteiger partial charge in [0.25, 0.3) is 5.91 Å². The van der Waals surface area contributed by atoms with Gasteiger partial charge in [0, 0.05) is 17.0 Å². The highest BCUT2D eigenvalue weighted by Gasteiger charge is 2.35. The lowest BCUT2D eigenvalue weighted by molar-refractivity contribution is -0.140. The first-order chi connectivity index (χ1) is 9.40. The van der Waals surface area contributed by atoms with Crippen LogP contribution in [0.1, 0.15) is 35.8 Å². The Kier molecular flexibility index (Phi) is 4.55. The lowest BCUT2D eigenvalue weighted by Gasteiger charge is -2.21. The summed E-state index contributed by atoms with van der Waals surface area (Å²) in [6.45, 7) is 3.91. The Bertz CT molecular complexity index is 550. The topological polar surface area (TPSA) is 70.5 Å². The van der Waals surface area contributed by atoms with Crippen molar-refractivity contribution < 1.29 is 14.7 Å². The highest BCUT2D eigenvalue weighted by atomic mass is 35.5. The standard InChI is InChI=1S/C13H15ClN2O3S/c1-7(2)9-3-8(4-11(14)15-9)12(17)16-6-20-5-10(16)13(18)19/h3-4,7,10H,5-6H2,1-2H3,(H,18,19). The lowest BCUT2D eigenvalue weighted by atomic mass is 10.1. The van der Waals surface area contributed by atoms with E-state index in [0.717, 1.165) is 5.69 Å². The third kappa shape index (κ3) is 3.07. The molecule has 0 saturated carbocycles. The van der Waals surface area contributed by atoms with Crippen molar-refractivity contribution in [2.45, 2.75) is 25.8 Å². The van der Waals surface area contributed by atoms with E-state index in [2.05, 4.69) is 4.98 Å². The fraction of sp³-hybridized carbons (Fsp3) is 0.462. The van der Waals surface area contributed by atoms with Crippen LogP contribution in [-0.4, -0.2) is 44.5 Å². The van der Waals surface area contributed by atoms with E-state index < -0.39 is 12.0 Å². The summed E-state index contributed by atoms with van der Waals surface area (Å²) in [6.07, 6.45) is 0. The summed E-state index contributed by atoms with van der Waals surface area (Å²) in [4.78, 5) is 29.1. The lowest BCUT2D eigenvalue weighted by Crippen LogP contribution is -2.41. The van der Waals surface area contributed by atoms with Crippen LogP contribution < -0.4 is 0 Å². The van der Waals surface area contributed by atoms with Crippen LogP contribution in [0.2, 0.25) is 5.15 Å². The molecule has 1 aromatic rings. The number of amides is 1. The fourth-order valence-electron chi connectivity index (χ4n) is 1.95. The summed E-state index contributed by atoms with van der Waals surface area (Å²) < 4.78 is 0. The first-order valence-corrected chi connectivity index (χ1v) is 7.72. The van der Waals surface area contributed by atoms with Gasteiger partial charge in [0.1, 0.15) is 11.2 Å². The summed E-state index contributed by atoms with van der Waals surface area (Å²) >= 11 is 7.37.